The first-order valence-corrected chi connectivity index (χ1v) is 10.3. The lowest BCUT2D eigenvalue weighted by molar-refractivity contribution is 0.427. The smallest absolute Gasteiger partial charge is 0.250 e. The molecule has 0 spiro atoms. The van der Waals surface area contributed by atoms with Gasteiger partial charge >= 0.3 is 0 Å². The van der Waals surface area contributed by atoms with Crippen molar-refractivity contribution in [3.63, 3.8) is 0 Å². The van der Waals surface area contributed by atoms with Gasteiger partial charge in [-0.05, 0) is 18.9 Å². The third-order valence-corrected chi connectivity index (χ3v) is 7.00. The quantitative estimate of drug-likeness (QED) is 0.907. The molecule has 23 heavy (non-hydrogen) atoms. The van der Waals surface area contributed by atoms with E-state index in [4.69, 9.17) is 4.42 Å². The molecule has 0 aliphatic heterocycles. The SMILES string of the molecule is Cc1nnc(-c2csc(S(=O)(=O)NC3CCCCCCC3)c2)o1. The van der Waals surface area contributed by atoms with Gasteiger partial charge in [-0.15, -0.1) is 21.5 Å². The number of rotatable bonds is 4. The number of hydrogen-bond acceptors (Lipinski definition) is 6. The van der Waals surface area contributed by atoms with E-state index < -0.39 is 10.0 Å². The molecule has 6 nitrogen and oxygen atoms in total. The molecule has 0 aromatic carbocycles. The summed E-state index contributed by atoms with van der Waals surface area (Å²) in [6, 6.07) is 1.64. The zero-order valence-electron chi connectivity index (χ0n) is 13.1. The van der Waals surface area contributed by atoms with Crippen molar-refractivity contribution in [2.45, 2.75) is 62.1 Å². The fourth-order valence-corrected chi connectivity index (χ4v) is 5.31. The molecule has 0 unspecified atom stereocenters. The average Bonchev–Trinajstić information content (AvgIpc) is 3.10. The van der Waals surface area contributed by atoms with Crippen molar-refractivity contribution in [3.8, 4) is 11.5 Å². The molecule has 3 rings (SSSR count). The van der Waals surface area contributed by atoms with E-state index in [1.54, 1.807) is 18.4 Å². The lowest BCUT2D eigenvalue weighted by atomic mass is 9.97. The van der Waals surface area contributed by atoms with Crippen LogP contribution in [0.3, 0.4) is 0 Å². The van der Waals surface area contributed by atoms with E-state index in [0.29, 0.717) is 21.6 Å². The highest BCUT2D eigenvalue weighted by Crippen LogP contribution is 2.28. The topological polar surface area (TPSA) is 85.1 Å². The van der Waals surface area contributed by atoms with Gasteiger partial charge in [-0.1, -0.05) is 32.1 Å². The Balaban J connectivity index is 1.73. The maximum Gasteiger partial charge on any atom is 0.250 e. The van der Waals surface area contributed by atoms with Crippen molar-refractivity contribution < 1.29 is 12.8 Å². The Hall–Kier alpha value is -1.25. The number of aromatic nitrogens is 2. The monoisotopic (exact) mass is 355 g/mol. The second-order valence-electron chi connectivity index (χ2n) is 5.94. The molecule has 1 saturated carbocycles. The maximum atomic E-state index is 12.6. The van der Waals surface area contributed by atoms with Crippen LogP contribution in [0, 0.1) is 6.92 Å². The Kier molecular flexibility index (Phi) is 5.13. The summed E-state index contributed by atoms with van der Waals surface area (Å²) in [6.07, 6.45) is 7.65. The van der Waals surface area contributed by atoms with Gasteiger partial charge in [0, 0.05) is 18.3 Å². The molecule has 1 N–H and O–H groups in total. The second-order valence-corrected chi connectivity index (χ2v) is 8.80. The first-order chi connectivity index (χ1) is 11.0. The van der Waals surface area contributed by atoms with Gasteiger partial charge in [0.2, 0.25) is 21.8 Å². The van der Waals surface area contributed by atoms with E-state index in [0.717, 1.165) is 25.7 Å². The number of nitrogens with one attached hydrogen (secondary N) is 1. The minimum Gasteiger partial charge on any atom is -0.421 e. The Labute approximate surface area is 140 Å². The Morgan fingerprint density at radius 2 is 1.87 bits per heavy atom. The number of nitrogens with zero attached hydrogens (tertiary/aromatic N) is 2. The van der Waals surface area contributed by atoms with Gasteiger partial charge in [-0.2, -0.15) is 0 Å². The van der Waals surface area contributed by atoms with Gasteiger partial charge in [0.25, 0.3) is 0 Å². The normalized spacial score (nSPS) is 17.8. The van der Waals surface area contributed by atoms with Gasteiger partial charge in [0.1, 0.15) is 4.21 Å². The summed E-state index contributed by atoms with van der Waals surface area (Å²) < 4.78 is 33.7. The molecule has 0 amide bonds. The third kappa shape index (κ3) is 4.19. The first kappa shape index (κ1) is 16.6. The maximum absolute atomic E-state index is 12.6. The summed E-state index contributed by atoms with van der Waals surface area (Å²) >= 11 is 1.18. The molecule has 1 aliphatic rings. The highest BCUT2D eigenvalue weighted by Gasteiger charge is 2.23. The molecule has 0 radical (unpaired) electrons. The molecule has 2 aromatic heterocycles. The summed E-state index contributed by atoms with van der Waals surface area (Å²) in [5.74, 6) is 0.814. The summed E-state index contributed by atoms with van der Waals surface area (Å²) in [5.41, 5.74) is 0.647. The molecular weight excluding hydrogens is 334 g/mol. The predicted octanol–water partition coefficient (Wildman–Crippen LogP) is 3.50. The molecular formula is C15H21N3O3S2. The Morgan fingerprint density at radius 3 is 2.52 bits per heavy atom. The van der Waals surface area contributed by atoms with E-state index in [1.807, 2.05) is 0 Å². The van der Waals surface area contributed by atoms with Gasteiger partial charge < -0.3 is 4.42 Å². The summed E-state index contributed by atoms with van der Waals surface area (Å²) in [7, 11) is -3.49. The highest BCUT2D eigenvalue weighted by atomic mass is 32.2. The van der Waals surface area contributed by atoms with Crippen LogP contribution in [0.2, 0.25) is 0 Å². The van der Waals surface area contributed by atoms with Gasteiger partial charge in [-0.25, -0.2) is 13.1 Å². The molecule has 1 aliphatic carbocycles. The van der Waals surface area contributed by atoms with Crippen LogP contribution in [0.15, 0.2) is 20.1 Å². The van der Waals surface area contributed by atoms with Crippen LogP contribution in [0.4, 0.5) is 0 Å². The van der Waals surface area contributed by atoms with Crippen LogP contribution in [0.1, 0.15) is 50.8 Å². The second kappa shape index (κ2) is 7.11. The lowest BCUT2D eigenvalue weighted by Gasteiger charge is -2.20. The van der Waals surface area contributed by atoms with Crippen molar-refractivity contribution in [1.29, 1.82) is 0 Å². The summed E-state index contributed by atoms with van der Waals surface area (Å²) in [4.78, 5) is 0. The van der Waals surface area contributed by atoms with E-state index >= 15 is 0 Å². The van der Waals surface area contributed by atoms with Crippen LogP contribution >= 0.6 is 11.3 Å². The van der Waals surface area contributed by atoms with Gasteiger partial charge in [-0.3, -0.25) is 0 Å². The lowest BCUT2D eigenvalue weighted by Crippen LogP contribution is -2.34. The van der Waals surface area contributed by atoms with E-state index in [-0.39, 0.29) is 6.04 Å². The minimum atomic E-state index is -3.49. The van der Waals surface area contributed by atoms with Crippen molar-refractivity contribution in [2.24, 2.45) is 0 Å². The third-order valence-electron chi connectivity index (χ3n) is 4.04. The molecule has 8 heteroatoms. The zero-order valence-corrected chi connectivity index (χ0v) is 14.8. The average molecular weight is 355 g/mol. The summed E-state index contributed by atoms with van der Waals surface area (Å²) in [6.45, 7) is 1.71. The van der Waals surface area contributed by atoms with E-state index in [2.05, 4.69) is 14.9 Å². The summed E-state index contributed by atoms with van der Waals surface area (Å²) in [5, 5.41) is 9.43. The van der Waals surface area contributed by atoms with Gasteiger partial charge in [0.15, 0.2) is 0 Å². The van der Waals surface area contributed by atoms with Crippen molar-refractivity contribution in [3.05, 3.63) is 17.3 Å². The van der Waals surface area contributed by atoms with Crippen molar-refractivity contribution in [2.75, 3.05) is 0 Å². The molecule has 1 fully saturated rings. The highest BCUT2D eigenvalue weighted by molar-refractivity contribution is 7.91. The standard InChI is InChI=1S/C15H21N3O3S2/c1-11-16-17-15(21-11)12-9-14(22-10-12)23(19,20)18-13-7-5-3-2-4-6-8-13/h9-10,13,18H,2-8H2,1H3. The van der Waals surface area contributed by atoms with E-state index in [1.165, 1.54) is 30.6 Å². The zero-order chi connectivity index (χ0) is 16.3. The fourth-order valence-electron chi connectivity index (χ4n) is 2.83. The Bertz CT molecular complexity index is 744. The first-order valence-electron chi connectivity index (χ1n) is 7.96. The number of sulfonamides is 1. The molecule has 0 atom stereocenters. The number of hydrogen-bond donors (Lipinski definition) is 1. The van der Waals surface area contributed by atoms with Crippen molar-refractivity contribution >= 4 is 21.4 Å². The molecule has 2 heterocycles. The number of thiophene rings is 1. The fraction of sp³-hybridized carbons (Fsp3) is 0.600. The van der Waals surface area contributed by atoms with E-state index in [9.17, 15) is 8.42 Å². The van der Waals surface area contributed by atoms with Crippen LogP contribution in [0.5, 0.6) is 0 Å². The van der Waals surface area contributed by atoms with Crippen LogP contribution in [0.25, 0.3) is 11.5 Å². The van der Waals surface area contributed by atoms with Crippen LogP contribution in [-0.2, 0) is 10.0 Å². The van der Waals surface area contributed by atoms with Crippen molar-refractivity contribution in [1.82, 2.24) is 14.9 Å². The Morgan fingerprint density at radius 1 is 1.17 bits per heavy atom. The van der Waals surface area contributed by atoms with Gasteiger partial charge in [0.05, 0.1) is 5.56 Å². The molecule has 2 aromatic rings. The molecule has 0 bridgehead atoms. The molecule has 0 saturated heterocycles. The number of aryl methyl sites for hydroxylation is 1. The van der Waals surface area contributed by atoms with Crippen LogP contribution < -0.4 is 4.72 Å². The van der Waals surface area contributed by atoms with Crippen LogP contribution in [-0.4, -0.2) is 24.7 Å². The molecule has 126 valence electrons. The predicted molar refractivity (Wildman–Crippen MR) is 88.8 cm³/mol. The minimum absolute atomic E-state index is 0.0384. The largest absolute Gasteiger partial charge is 0.421 e.